The average molecular weight is 254 g/mol. The van der Waals surface area contributed by atoms with Gasteiger partial charge in [0.05, 0.1) is 0 Å². The highest BCUT2D eigenvalue weighted by Crippen LogP contribution is 2.17. The minimum atomic E-state index is -0.00191. The molecule has 3 N–H and O–H groups in total. The summed E-state index contributed by atoms with van der Waals surface area (Å²) < 4.78 is 0. The molecule has 18 heavy (non-hydrogen) atoms. The van der Waals surface area contributed by atoms with E-state index in [0.717, 1.165) is 6.54 Å². The number of hydrogen-bond donors (Lipinski definition) is 2. The van der Waals surface area contributed by atoms with Gasteiger partial charge in [0.2, 0.25) is 0 Å². The van der Waals surface area contributed by atoms with Crippen molar-refractivity contribution >= 4 is 5.96 Å². The Hall–Kier alpha value is -0.770. The molecule has 0 aromatic rings. The maximum atomic E-state index is 5.88. The van der Waals surface area contributed by atoms with Gasteiger partial charge in [-0.25, -0.2) is 0 Å². The van der Waals surface area contributed by atoms with E-state index in [0.29, 0.717) is 11.9 Å². The maximum Gasteiger partial charge on any atom is 0.188 e. The van der Waals surface area contributed by atoms with Crippen LogP contribution < -0.4 is 11.1 Å². The first-order chi connectivity index (χ1) is 8.40. The molecule has 0 saturated carbocycles. The van der Waals surface area contributed by atoms with Crippen molar-refractivity contribution in [3.8, 4) is 0 Å². The first kappa shape index (κ1) is 15.3. The molecule has 1 heterocycles. The Bertz CT molecular complexity index is 259. The van der Waals surface area contributed by atoms with Gasteiger partial charge in [0, 0.05) is 12.1 Å². The molecule has 0 aromatic heterocycles. The number of aliphatic imine (C=N–C) groups is 1. The second-order valence-electron chi connectivity index (χ2n) is 6.39. The summed E-state index contributed by atoms with van der Waals surface area (Å²) in [6, 6.07) is 0. The van der Waals surface area contributed by atoms with Gasteiger partial charge < -0.3 is 16.0 Å². The minimum absolute atomic E-state index is 0.00191. The highest BCUT2D eigenvalue weighted by molar-refractivity contribution is 5.78. The van der Waals surface area contributed by atoms with Gasteiger partial charge in [0.15, 0.2) is 5.96 Å². The van der Waals surface area contributed by atoms with Gasteiger partial charge >= 0.3 is 0 Å². The van der Waals surface area contributed by atoms with Crippen molar-refractivity contribution in [2.45, 2.75) is 52.5 Å². The zero-order valence-corrected chi connectivity index (χ0v) is 12.5. The largest absolute Gasteiger partial charge is 0.370 e. The third-order valence-electron chi connectivity index (χ3n) is 3.27. The van der Waals surface area contributed by atoms with Gasteiger partial charge in [0.25, 0.3) is 0 Å². The predicted molar refractivity (Wildman–Crippen MR) is 78.8 cm³/mol. The molecule has 0 bridgehead atoms. The monoisotopic (exact) mass is 254 g/mol. The van der Waals surface area contributed by atoms with E-state index in [2.05, 4.69) is 42.9 Å². The Morgan fingerprint density at radius 3 is 2.44 bits per heavy atom. The molecule has 106 valence electrons. The highest BCUT2D eigenvalue weighted by atomic mass is 15.1. The number of hydrogen-bond acceptors (Lipinski definition) is 2. The Labute approximate surface area is 112 Å². The summed E-state index contributed by atoms with van der Waals surface area (Å²) in [5.41, 5.74) is 5.88. The molecule has 1 saturated heterocycles. The highest BCUT2D eigenvalue weighted by Gasteiger charge is 2.18. The molecule has 0 spiro atoms. The quantitative estimate of drug-likeness (QED) is 0.594. The van der Waals surface area contributed by atoms with Crippen LogP contribution in [0.15, 0.2) is 4.99 Å². The number of rotatable bonds is 4. The van der Waals surface area contributed by atoms with Crippen LogP contribution in [0.25, 0.3) is 0 Å². The van der Waals surface area contributed by atoms with Gasteiger partial charge in [-0.05, 0) is 65.6 Å². The van der Waals surface area contributed by atoms with E-state index in [4.69, 9.17) is 5.73 Å². The summed E-state index contributed by atoms with van der Waals surface area (Å²) in [6.45, 7) is 13.1. The lowest BCUT2D eigenvalue weighted by molar-refractivity contribution is 0.188. The van der Waals surface area contributed by atoms with Crippen molar-refractivity contribution in [2.24, 2.45) is 16.6 Å². The number of piperidine rings is 1. The second-order valence-corrected chi connectivity index (χ2v) is 6.39. The fourth-order valence-electron chi connectivity index (χ4n) is 2.36. The predicted octanol–water partition coefficient (Wildman–Crippen LogP) is 1.81. The summed E-state index contributed by atoms with van der Waals surface area (Å²) in [4.78, 5) is 7.02. The standard InChI is InChI=1S/C14H30N4/c1-5-8-18-9-6-12(7-10-18)11-16-13(15)17-14(2,3)4/h12H,5-11H2,1-4H3,(H3,15,16,17). The molecule has 1 rings (SSSR count). The number of nitrogens with zero attached hydrogens (tertiary/aromatic N) is 2. The lowest BCUT2D eigenvalue weighted by atomic mass is 9.97. The molecule has 1 fully saturated rings. The van der Waals surface area contributed by atoms with E-state index >= 15 is 0 Å². The Morgan fingerprint density at radius 2 is 1.94 bits per heavy atom. The van der Waals surface area contributed by atoms with E-state index in [1.807, 2.05) is 0 Å². The molecule has 1 aliphatic heterocycles. The summed E-state index contributed by atoms with van der Waals surface area (Å²) in [6.07, 6.45) is 3.77. The molecule has 4 heteroatoms. The van der Waals surface area contributed by atoms with Gasteiger partial charge in [0.1, 0.15) is 0 Å². The van der Waals surface area contributed by atoms with Crippen LogP contribution in [-0.4, -0.2) is 42.6 Å². The number of guanidine groups is 1. The molecule has 0 atom stereocenters. The Morgan fingerprint density at radius 1 is 1.33 bits per heavy atom. The smallest absolute Gasteiger partial charge is 0.188 e. The van der Waals surface area contributed by atoms with Crippen molar-refractivity contribution in [3.63, 3.8) is 0 Å². The van der Waals surface area contributed by atoms with Crippen LogP contribution in [0.2, 0.25) is 0 Å². The first-order valence-corrected chi connectivity index (χ1v) is 7.21. The Kier molecular flexibility index (Phi) is 5.93. The van der Waals surface area contributed by atoms with E-state index in [9.17, 15) is 0 Å². The van der Waals surface area contributed by atoms with Crippen molar-refractivity contribution in [1.29, 1.82) is 0 Å². The van der Waals surface area contributed by atoms with Crippen LogP contribution in [0.3, 0.4) is 0 Å². The van der Waals surface area contributed by atoms with Crippen LogP contribution in [0.4, 0.5) is 0 Å². The SMILES string of the molecule is CCCN1CCC(CN=C(N)NC(C)(C)C)CC1. The number of nitrogens with two attached hydrogens (primary N) is 1. The summed E-state index contributed by atoms with van der Waals surface area (Å²) in [5, 5.41) is 3.21. The lowest BCUT2D eigenvalue weighted by Crippen LogP contribution is -2.45. The molecular formula is C14H30N4. The van der Waals surface area contributed by atoms with Gasteiger partial charge in [-0.2, -0.15) is 0 Å². The molecule has 1 aliphatic rings. The number of likely N-dealkylation sites (tertiary alicyclic amines) is 1. The maximum absolute atomic E-state index is 5.88. The van der Waals surface area contributed by atoms with Crippen molar-refractivity contribution < 1.29 is 0 Å². The van der Waals surface area contributed by atoms with E-state index in [-0.39, 0.29) is 5.54 Å². The molecule has 0 amide bonds. The minimum Gasteiger partial charge on any atom is -0.370 e. The van der Waals surface area contributed by atoms with Crippen LogP contribution in [0.1, 0.15) is 47.0 Å². The molecule has 0 radical (unpaired) electrons. The van der Waals surface area contributed by atoms with Crippen LogP contribution in [0, 0.1) is 5.92 Å². The topological polar surface area (TPSA) is 53.6 Å². The van der Waals surface area contributed by atoms with Crippen LogP contribution in [-0.2, 0) is 0 Å². The molecule has 0 unspecified atom stereocenters. The van der Waals surface area contributed by atoms with E-state index in [1.54, 1.807) is 0 Å². The first-order valence-electron chi connectivity index (χ1n) is 7.21. The fourth-order valence-corrected chi connectivity index (χ4v) is 2.36. The van der Waals surface area contributed by atoms with Crippen LogP contribution >= 0.6 is 0 Å². The molecule has 4 nitrogen and oxygen atoms in total. The zero-order valence-electron chi connectivity index (χ0n) is 12.5. The van der Waals surface area contributed by atoms with Crippen molar-refractivity contribution in [2.75, 3.05) is 26.2 Å². The lowest BCUT2D eigenvalue weighted by Gasteiger charge is -2.31. The molecule has 0 aliphatic carbocycles. The van der Waals surface area contributed by atoms with E-state index < -0.39 is 0 Å². The van der Waals surface area contributed by atoms with E-state index in [1.165, 1.54) is 38.9 Å². The van der Waals surface area contributed by atoms with Crippen molar-refractivity contribution in [3.05, 3.63) is 0 Å². The second kappa shape index (κ2) is 6.98. The average Bonchev–Trinajstić information content (AvgIpc) is 2.26. The third-order valence-corrected chi connectivity index (χ3v) is 3.27. The normalized spacial score (nSPS) is 20.1. The third kappa shape index (κ3) is 6.24. The van der Waals surface area contributed by atoms with Crippen LogP contribution in [0.5, 0.6) is 0 Å². The summed E-state index contributed by atoms with van der Waals surface area (Å²) in [7, 11) is 0. The summed E-state index contributed by atoms with van der Waals surface area (Å²) >= 11 is 0. The van der Waals surface area contributed by atoms with Gasteiger partial charge in [-0.15, -0.1) is 0 Å². The van der Waals surface area contributed by atoms with Crippen molar-refractivity contribution in [1.82, 2.24) is 10.2 Å². The number of nitrogens with one attached hydrogen (secondary N) is 1. The molecular weight excluding hydrogens is 224 g/mol. The van der Waals surface area contributed by atoms with Gasteiger partial charge in [-0.3, -0.25) is 4.99 Å². The Balaban J connectivity index is 2.26. The molecule has 0 aromatic carbocycles. The zero-order chi connectivity index (χ0) is 13.6. The fraction of sp³-hybridized carbons (Fsp3) is 0.929. The van der Waals surface area contributed by atoms with Gasteiger partial charge in [-0.1, -0.05) is 6.92 Å². The summed E-state index contributed by atoms with van der Waals surface area (Å²) in [5.74, 6) is 1.29.